The van der Waals surface area contributed by atoms with Crippen molar-refractivity contribution in [1.29, 1.82) is 0 Å². The summed E-state index contributed by atoms with van der Waals surface area (Å²) in [6, 6.07) is 13.3. The van der Waals surface area contributed by atoms with Crippen molar-refractivity contribution in [3.63, 3.8) is 0 Å². The number of nitrogens with zero attached hydrogens (tertiary/aromatic N) is 2. The predicted octanol–water partition coefficient (Wildman–Crippen LogP) is 3.11. The number of aryl methyl sites for hydroxylation is 1. The summed E-state index contributed by atoms with van der Waals surface area (Å²) in [5.74, 6) is -0.854. The van der Waals surface area contributed by atoms with Crippen LogP contribution in [0.5, 0.6) is 0 Å². The molecule has 0 radical (unpaired) electrons. The largest absolute Gasteiger partial charge is 0.478 e. The van der Waals surface area contributed by atoms with Crippen LogP contribution in [-0.4, -0.2) is 39.5 Å². The molecule has 0 saturated carbocycles. The van der Waals surface area contributed by atoms with E-state index in [0.29, 0.717) is 23.9 Å². The lowest BCUT2D eigenvalue weighted by atomic mass is 9.93. The number of hydrogen-bond donors (Lipinski definition) is 1. The molecule has 124 valence electrons. The quantitative estimate of drug-likeness (QED) is 0.942. The van der Waals surface area contributed by atoms with Crippen LogP contribution in [0.25, 0.3) is 0 Å². The fraction of sp³-hybridized carbons (Fsp3) is 0.316. The Balaban J connectivity index is 1.81. The SMILES string of the molecule is Cc1nc(C(=O)N2CCC(c3ccccc3)C2C)ccc1C(=O)O. The van der Waals surface area contributed by atoms with Gasteiger partial charge in [0, 0.05) is 18.5 Å². The summed E-state index contributed by atoms with van der Waals surface area (Å²) >= 11 is 0. The maximum absolute atomic E-state index is 12.8. The molecule has 0 aliphatic carbocycles. The Morgan fingerprint density at radius 1 is 1.17 bits per heavy atom. The Morgan fingerprint density at radius 2 is 1.88 bits per heavy atom. The number of carboxylic acids is 1. The number of benzene rings is 1. The van der Waals surface area contributed by atoms with Crippen LogP contribution in [0.4, 0.5) is 0 Å². The first kappa shape index (κ1) is 16.2. The van der Waals surface area contributed by atoms with Gasteiger partial charge in [0.25, 0.3) is 5.91 Å². The number of hydrogen-bond acceptors (Lipinski definition) is 3. The number of pyridine rings is 1. The molecule has 0 bridgehead atoms. The molecule has 1 N–H and O–H groups in total. The fourth-order valence-corrected chi connectivity index (χ4v) is 3.43. The molecule has 24 heavy (non-hydrogen) atoms. The van der Waals surface area contributed by atoms with Crippen LogP contribution in [0, 0.1) is 6.92 Å². The first-order valence-electron chi connectivity index (χ1n) is 8.06. The van der Waals surface area contributed by atoms with Crippen molar-refractivity contribution in [3.05, 3.63) is 65.0 Å². The van der Waals surface area contributed by atoms with E-state index < -0.39 is 5.97 Å². The zero-order valence-corrected chi connectivity index (χ0v) is 13.8. The molecule has 1 aliphatic rings. The lowest BCUT2D eigenvalue weighted by molar-refractivity contribution is 0.0690. The summed E-state index contributed by atoms with van der Waals surface area (Å²) in [6.45, 7) is 4.35. The number of carboxylic acid groups (broad SMARTS) is 1. The summed E-state index contributed by atoms with van der Waals surface area (Å²) in [7, 11) is 0. The molecule has 2 heterocycles. The van der Waals surface area contributed by atoms with Gasteiger partial charge in [0.05, 0.1) is 11.3 Å². The van der Waals surface area contributed by atoms with E-state index in [4.69, 9.17) is 5.11 Å². The highest BCUT2D eigenvalue weighted by molar-refractivity contribution is 5.94. The molecule has 2 unspecified atom stereocenters. The number of aromatic nitrogens is 1. The van der Waals surface area contributed by atoms with Gasteiger partial charge >= 0.3 is 5.97 Å². The van der Waals surface area contributed by atoms with Gasteiger partial charge in [-0.1, -0.05) is 30.3 Å². The monoisotopic (exact) mass is 324 g/mol. The van der Waals surface area contributed by atoms with Crippen LogP contribution in [0.3, 0.4) is 0 Å². The number of carbonyl (C=O) groups excluding carboxylic acids is 1. The molecule has 2 atom stereocenters. The van der Waals surface area contributed by atoms with Gasteiger partial charge in [0.2, 0.25) is 0 Å². The topological polar surface area (TPSA) is 70.5 Å². The normalized spacial score (nSPS) is 20.2. The van der Waals surface area contributed by atoms with Crippen LogP contribution >= 0.6 is 0 Å². The summed E-state index contributed by atoms with van der Waals surface area (Å²) in [4.78, 5) is 29.9. The van der Waals surface area contributed by atoms with Crippen molar-refractivity contribution in [3.8, 4) is 0 Å². The Hall–Kier alpha value is -2.69. The van der Waals surface area contributed by atoms with Gasteiger partial charge in [-0.05, 0) is 38.0 Å². The summed E-state index contributed by atoms with van der Waals surface area (Å²) in [5, 5.41) is 9.07. The highest BCUT2D eigenvalue weighted by atomic mass is 16.4. The molecule has 1 aromatic heterocycles. The van der Waals surface area contributed by atoms with E-state index in [0.717, 1.165) is 6.42 Å². The average molecular weight is 324 g/mol. The van der Waals surface area contributed by atoms with E-state index in [1.165, 1.54) is 17.7 Å². The van der Waals surface area contributed by atoms with Crippen molar-refractivity contribution in [2.75, 3.05) is 6.54 Å². The van der Waals surface area contributed by atoms with E-state index in [-0.39, 0.29) is 17.5 Å². The van der Waals surface area contributed by atoms with Gasteiger partial charge in [-0.2, -0.15) is 0 Å². The number of amides is 1. The molecular weight excluding hydrogens is 304 g/mol. The van der Waals surface area contributed by atoms with Crippen molar-refractivity contribution in [1.82, 2.24) is 9.88 Å². The fourth-order valence-electron chi connectivity index (χ4n) is 3.43. The van der Waals surface area contributed by atoms with Gasteiger partial charge in [-0.25, -0.2) is 9.78 Å². The Bertz CT molecular complexity index is 773. The van der Waals surface area contributed by atoms with E-state index in [1.54, 1.807) is 6.92 Å². The van der Waals surface area contributed by atoms with Crippen molar-refractivity contribution >= 4 is 11.9 Å². The molecule has 1 aliphatic heterocycles. The first-order valence-corrected chi connectivity index (χ1v) is 8.06. The Morgan fingerprint density at radius 3 is 2.50 bits per heavy atom. The summed E-state index contributed by atoms with van der Waals surface area (Å²) < 4.78 is 0. The third kappa shape index (κ3) is 2.89. The van der Waals surface area contributed by atoms with Gasteiger partial charge in [-0.3, -0.25) is 4.79 Å². The molecule has 2 aromatic rings. The van der Waals surface area contributed by atoms with Gasteiger partial charge in [0.1, 0.15) is 5.69 Å². The minimum absolute atomic E-state index is 0.0844. The Kier molecular flexibility index (Phi) is 4.34. The second kappa shape index (κ2) is 6.43. The average Bonchev–Trinajstić information content (AvgIpc) is 2.96. The van der Waals surface area contributed by atoms with Crippen LogP contribution in [-0.2, 0) is 0 Å². The minimum atomic E-state index is -1.03. The summed E-state index contributed by atoms with van der Waals surface area (Å²) in [5.41, 5.74) is 2.03. The third-order valence-corrected chi connectivity index (χ3v) is 4.78. The standard InChI is InChI=1S/C19H20N2O3/c1-12-15(19(23)24)8-9-17(20-12)18(22)21-11-10-16(13(21)2)14-6-4-3-5-7-14/h3-9,13,16H,10-11H2,1-2H3,(H,23,24). The van der Waals surface area contributed by atoms with E-state index in [2.05, 4.69) is 24.0 Å². The van der Waals surface area contributed by atoms with Gasteiger partial charge < -0.3 is 10.0 Å². The highest BCUT2D eigenvalue weighted by Gasteiger charge is 2.35. The van der Waals surface area contributed by atoms with E-state index >= 15 is 0 Å². The predicted molar refractivity (Wildman–Crippen MR) is 90.2 cm³/mol. The van der Waals surface area contributed by atoms with Crippen LogP contribution < -0.4 is 0 Å². The maximum atomic E-state index is 12.8. The molecule has 5 nitrogen and oxygen atoms in total. The lowest BCUT2D eigenvalue weighted by Crippen LogP contribution is -2.36. The summed E-state index contributed by atoms with van der Waals surface area (Å²) in [6.07, 6.45) is 0.920. The molecule has 1 fully saturated rings. The van der Waals surface area contributed by atoms with Gasteiger partial charge in [-0.15, -0.1) is 0 Å². The second-order valence-corrected chi connectivity index (χ2v) is 6.18. The zero-order valence-electron chi connectivity index (χ0n) is 13.8. The number of carbonyl (C=O) groups is 2. The Labute approximate surface area is 140 Å². The molecule has 1 saturated heterocycles. The highest BCUT2D eigenvalue weighted by Crippen LogP contribution is 2.33. The number of likely N-dealkylation sites (tertiary alicyclic amines) is 1. The van der Waals surface area contributed by atoms with Gasteiger partial charge in [0.15, 0.2) is 0 Å². The molecular formula is C19H20N2O3. The molecule has 0 spiro atoms. The second-order valence-electron chi connectivity index (χ2n) is 6.18. The number of rotatable bonds is 3. The third-order valence-electron chi connectivity index (χ3n) is 4.78. The van der Waals surface area contributed by atoms with Crippen molar-refractivity contribution in [2.24, 2.45) is 0 Å². The molecule has 1 amide bonds. The molecule has 1 aromatic carbocycles. The number of aromatic carboxylic acids is 1. The van der Waals surface area contributed by atoms with Crippen LogP contribution in [0.15, 0.2) is 42.5 Å². The lowest BCUT2D eigenvalue weighted by Gasteiger charge is -2.25. The van der Waals surface area contributed by atoms with Crippen LogP contribution in [0.1, 0.15) is 51.4 Å². The van der Waals surface area contributed by atoms with E-state index in [1.807, 2.05) is 23.1 Å². The minimum Gasteiger partial charge on any atom is -0.478 e. The van der Waals surface area contributed by atoms with E-state index in [9.17, 15) is 9.59 Å². The molecule has 5 heteroatoms. The zero-order chi connectivity index (χ0) is 17.3. The smallest absolute Gasteiger partial charge is 0.337 e. The van der Waals surface area contributed by atoms with Crippen molar-refractivity contribution < 1.29 is 14.7 Å². The maximum Gasteiger partial charge on any atom is 0.337 e. The first-order chi connectivity index (χ1) is 11.5. The van der Waals surface area contributed by atoms with Crippen molar-refractivity contribution in [2.45, 2.75) is 32.2 Å². The molecule has 3 rings (SSSR count). The van der Waals surface area contributed by atoms with Crippen LogP contribution in [0.2, 0.25) is 0 Å².